The van der Waals surface area contributed by atoms with Gasteiger partial charge in [-0.25, -0.2) is 9.36 Å². The molecular weight excluding hydrogens is 303 g/mol. The Bertz CT molecular complexity index is 381. The minimum atomic E-state index is -4.81. The van der Waals surface area contributed by atoms with E-state index in [2.05, 4.69) is 9.26 Å². The molecule has 0 radical (unpaired) electrons. The Hall–Kier alpha value is -0.620. The highest BCUT2D eigenvalue weighted by molar-refractivity contribution is 7.46. The van der Waals surface area contributed by atoms with Crippen LogP contribution in [0.5, 0.6) is 0 Å². The van der Waals surface area contributed by atoms with Gasteiger partial charge in [0.25, 0.3) is 0 Å². The SMILES string of the molecule is O=C(O)CO[C@H]1O[C@H](COP(=O)(O)O)[C@@H](O)[C@H](O)[C@@H]1O. The second-order valence-electron chi connectivity index (χ2n) is 4.01. The number of rotatable bonds is 6. The average molecular weight is 318 g/mol. The Balaban J connectivity index is 2.65. The zero-order valence-electron chi connectivity index (χ0n) is 9.97. The van der Waals surface area contributed by atoms with Crippen molar-refractivity contribution in [3.05, 3.63) is 0 Å². The normalized spacial score (nSPS) is 35.0. The predicted molar refractivity (Wildman–Crippen MR) is 58.3 cm³/mol. The molecule has 1 aliphatic heterocycles. The summed E-state index contributed by atoms with van der Waals surface area (Å²) in [7, 11) is -4.81. The van der Waals surface area contributed by atoms with Gasteiger partial charge in [-0.05, 0) is 0 Å². The van der Waals surface area contributed by atoms with Gasteiger partial charge in [0.1, 0.15) is 31.0 Å². The van der Waals surface area contributed by atoms with E-state index >= 15 is 0 Å². The maximum Gasteiger partial charge on any atom is 0.469 e. The number of aliphatic carboxylic acids is 1. The van der Waals surface area contributed by atoms with Crippen LogP contribution in [0.4, 0.5) is 0 Å². The molecule has 0 aliphatic carbocycles. The van der Waals surface area contributed by atoms with Crippen molar-refractivity contribution in [3.63, 3.8) is 0 Å². The topological polar surface area (TPSA) is 183 Å². The maximum absolute atomic E-state index is 10.5. The number of ether oxygens (including phenoxy) is 2. The number of aliphatic hydroxyl groups is 3. The number of phosphoric acid groups is 1. The second kappa shape index (κ2) is 6.89. The fourth-order valence-corrected chi connectivity index (χ4v) is 1.86. The summed E-state index contributed by atoms with van der Waals surface area (Å²) in [5, 5.41) is 37.0. The summed E-state index contributed by atoms with van der Waals surface area (Å²) in [6.45, 7) is -1.63. The molecule has 0 amide bonds. The molecule has 0 bridgehead atoms. The Labute approximate surface area is 112 Å². The van der Waals surface area contributed by atoms with Crippen LogP contribution in [-0.4, -0.2) is 80.1 Å². The molecule has 0 spiro atoms. The molecule has 5 atom stereocenters. The summed E-state index contributed by atoms with van der Waals surface area (Å²) in [6.07, 6.45) is -8.18. The lowest BCUT2D eigenvalue weighted by Crippen LogP contribution is -2.59. The van der Waals surface area contributed by atoms with Crippen molar-refractivity contribution in [2.24, 2.45) is 0 Å². The van der Waals surface area contributed by atoms with E-state index in [0.717, 1.165) is 0 Å². The summed E-state index contributed by atoms with van der Waals surface area (Å²) >= 11 is 0. The number of carboxylic acid groups (broad SMARTS) is 1. The first kappa shape index (κ1) is 17.4. The third-order valence-corrected chi connectivity index (χ3v) is 2.93. The molecule has 20 heavy (non-hydrogen) atoms. The van der Waals surface area contributed by atoms with Crippen LogP contribution < -0.4 is 0 Å². The third-order valence-electron chi connectivity index (χ3n) is 2.45. The molecule has 0 aromatic rings. The summed E-state index contributed by atoms with van der Waals surface area (Å²) in [5.41, 5.74) is 0. The van der Waals surface area contributed by atoms with Crippen LogP contribution in [0.25, 0.3) is 0 Å². The van der Waals surface area contributed by atoms with E-state index < -0.39 is 57.7 Å². The molecule has 0 saturated carbocycles. The lowest BCUT2D eigenvalue weighted by molar-refractivity contribution is -0.299. The number of carboxylic acids is 1. The maximum atomic E-state index is 10.5. The summed E-state index contributed by atoms with van der Waals surface area (Å²) in [6, 6.07) is 0. The minimum absolute atomic E-state index is 0.790. The lowest BCUT2D eigenvalue weighted by atomic mass is 9.99. The first-order valence-electron chi connectivity index (χ1n) is 5.35. The first-order valence-corrected chi connectivity index (χ1v) is 6.88. The van der Waals surface area contributed by atoms with E-state index in [4.69, 9.17) is 19.6 Å². The summed E-state index contributed by atoms with van der Waals surface area (Å²) < 4.78 is 24.2. The highest BCUT2D eigenvalue weighted by atomic mass is 31.2. The molecule has 118 valence electrons. The Kier molecular flexibility index (Phi) is 6.01. The van der Waals surface area contributed by atoms with Crippen molar-refractivity contribution in [1.29, 1.82) is 0 Å². The van der Waals surface area contributed by atoms with Crippen molar-refractivity contribution in [2.75, 3.05) is 13.2 Å². The largest absolute Gasteiger partial charge is 0.480 e. The minimum Gasteiger partial charge on any atom is -0.480 e. The molecule has 1 rings (SSSR count). The van der Waals surface area contributed by atoms with Gasteiger partial charge in [-0.2, -0.15) is 0 Å². The van der Waals surface area contributed by atoms with Crippen molar-refractivity contribution in [1.82, 2.24) is 0 Å². The third kappa shape index (κ3) is 5.05. The van der Waals surface area contributed by atoms with Crippen molar-refractivity contribution >= 4 is 13.8 Å². The van der Waals surface area contributed by atoms with E-state index in [1.54, 1.807) is 0 Å². The molecule has 0 aromatic carbocycles. The number of phosphoric ester groups is 1. The highest BCUT2D eigenvalue weighted by Crippen LogP contribution is 2.37. The zero-order chi connectivity index (χ0) is 15.5. The lowest BCUT2D eigenvalue weighted by Gasteiger charge is -2.39. The molecule has 0 aromatic heterocycles. The van der Waals surface area contributed by atoms with Crippen LogP contribution >= 0.6 is 7.82 Å². The van der Waals surface area contributed by atoms with Gasteiger partial charge >= 0.3 is 13.8 Å². The van der Waals surface area contributed by atoms with Crippen LogP contribution in [-0.2, 0) is 23.4 Å². The summed E-state index contributed by atoms with van der Waals surface area (Å²) in [4.78, 5) is 27.4. The quantitative estimate of drug-likeness (QED) is 0.274. The van der Waals surface area contributed by atoms with Gasteiger partial charge in [0, 0.05) is 0 Å². The molecule has 0 unspecified atom stereocenters. The second-order valence-corrected chi connectivity index (χ2v) is 5.25. The van der Waals surface area contributed by atoms with Crippen LogP contribution in [0.2, 0.25) is 0 Å². The number of carbonyl (C=O) groups is 1. The molecule has 11 nitrogen and oxygen atoms in total. The van der Waals surface area contributed by atoms with Gasteiger partial charge in [0.15, 0.2) is 6.29 Å². The molecule has 12 heteroatoms. The van der Waals surface area contributed by atoms with E-state index in [-0.39, 0.29) is 0 Å². The van der Waals surface area contributed by atoms with Crippen LogP contribution in [0, 0.1) is 0 Å². The van der Waals surface area contributed by atoms with Gasteiger partial charge in [0.2, 0.25) is 0 Å². The van der Waals surface area contributed by atoms with Gasteiger partial charge in [0.05, 0.1) is 6.61 Å². The number of hydrogen-bond acceptors (Lipinski definition) is 8. The Morgan fingerprint density at radius 2 is 1.75 bits per heavy atom. The van der Waals surface area contributed by atoms with Gasteiger partial charge in [-0.15, -0.1) is 0 Å². The van der Waals surface area contributed by atoms with Crippen molar-refractivity contribution in [3.8, 4) is 0 Å². The molecule has 1 heterocycles. The summed E-state index contributed by atoms with van der Waals surface area (Å²) in [5.74, 6) is -1.36. The predicted octanol–water partition coefficient (Wildman–Crippen LogP) is -3.00. The van der Waals surface area contributed by atoms with Crippen LogP contribution in [0.15, 0.2) is 0 Å². The fraction of sp³-hybridized carbons (Fsp3) is 0.875. The van der Waals surface area contributed by atoms with Crippen LogP contribution in [0.3, 0.4) is 0 Å². The monoisotopic (exact) mass is 318 g/mol. The van der Waals surface area contributed by atoms with Crippen molar-refractivity contribution in [2.45, 2.75) is 30.7 Å². The Morgan fingerprint density at radius 1 is 1.15 bits per heavy atom. The smallest absolute Gasteiger partial charge is 0.469 e. The van der Waals surface area contributed by atoms with E-state index in [0.29, 0.717) is 0 Å². The standard InChI is InChI=1S/C8H15O11P/c9-4(10)2-17-8-7(13)6(12)5(11)3(19-8)1-18-20(14,15)16/h3,5-8,11-13H,1-2H2,(H,9,10)(H2,14,15,16)/t3-,5-,6+,7+,8+/m1/s1. The van der Waals surface area contributed by atoms with E-state index in [1.807, 2.05) is 0 Å². The van der Waals surface area contributed by atoms with Gasteiger partial charge < -0.3 is 39.7 Å². The Morgan fingerprint density at radius 3 is 2.25 bits per heavy atom. The number of hydrogen-bond donors (Lipinski definition) is 6. The number of aliphatic hydroxyl groups excluding tert-OH is 3. The molecule has 1 aliphatic rings. The van der Waals surface area contributed by atoms with Gasteiger partial charge in [-0.1, -0.05) is 0 Å². The molecule has 6 N–H and O–H groups in total. The average Bonchev–Trinajstić information content (AvgIpc) is 2.32. The zero-order valence-corrected chi connectivity index (χ0v) is 10.9. The van der Waals surface area contributed by atoms with Gasteiger partial charge in [-0.3, -0.25) is 4.52 Å². The van der Waals surface area contributed by atoms with Crippen molar-refractivity contribution < 1.29 is 53.6 Å². The highest BCUT2D eigenvalue weighted by Gasteiger charge is 2.45. The first-order chi connectivity index (χ1) is 9.11. The molecule has 1 fully saturated rings. The molecular formula is C8H15O11P. The fourth-order valence-electron chi connectivity index (χ4n) is 1.52. The van der Waals surface area contributed by atoms with E-state index in [1.165, 1.54) is 0 Å². The molecule has 1 saturated heterocycles. The van der Waals surface area contributed by atoms with E-state index in [9.17, 15) is 24.7 Å². The van der Waals surface area contributed by atoms with Crippen LogP contribution in [0.1, 0.15) is 0 Å².